The molecule has 11 heteroatoms. The van der Waals surface area contributed by atoms with Crippen LogP contribution in [0.2, 0.25) is 0 Å². The maximum atomic E-state index is 13.3. The first-order valence-electron chi connectivity index (χ1n) is 13.9. The minimum atomic E-state index is -3.76. The van der Waals surface area contributed by atoms with Crippen molar-refractivity contribution < 1.29 is 27.2 Å². The third-order valence-electron chi connectivity index (χ3n) is 6.85. The molecule has 1 aliphatic rings. The summed E-state index contributed by atoms with van der Waals surface area (Å²) in [5.74, 6) is -1.36. The molecule has 9 nitrogen and oxygen atoms in total. The molecule has 41 heavy (non-hydrogen) atoms. The van der Waals surface area contributed by atoms with Crippen LogP contribution in [0.5, 0.6) is 0 Å². The Morgan fingerprint density at radius 2 is 1.59 bits per heavy atom. The molecule has 0 saturated carbocycles. The lowest BCUT2D eigenvalue weighted by atomic mass is 10.0. The van der Waals surface area contributed by atoms with E-state index in [4.69, 9.17) is 0 Å². The van der Waals surface area contributed by atoms with E-state index in [1.54, 1.807) is 24.3 Å². The second-order valence-electron chi connectivity index (χ2n) is 11.6. The van der Waals surface area contributed by atoms with Gasteiger partial charge in [0.1, 0.15) is 17.9 Å². The van der Waals surface area contributed by atoms with Gasteiger partial charge in [0.05, 0.1) is 11.4 Å². The number of nitrogens with zero attached hydrogens (tertiary/aromatic N) is 1. The Labute approximate surface area is 242 Å². The van der Waals surface area contributed by atoms with Crippen molar-refractivity contribution in [2.45, 2.75) is 70.5 Å². The molecule has 1 saturated heterocycles. The zero-order chi connectivity index (χ0) is 30.3. The summed E-state index contributed by atoms with van der Waals surface area (Å²) in [7, 11) is -3.76. The van der Waals surface area contributed by atoms with E-state index in [0.29, 0.717) is 19.4 Å². The molecule has 0 spiro atoms. The molecule has 3 rings (SSSR count). The Morgan fingerprint density at radius 1 is 0.976 bits per heavy atom. The van der Waals surface area contributed by atoms with Crippen LogP contribution < -0.4 is 15.4 Å². The van der Waals surface area contributed by atoms with Gasteiger partial charge >= 0.3 is 0 Å². The summed E-state index contributed by atoms with van der Waals surface area (Å²) in [6, 6.07) is 9.54. The van der Waals surface area contributed by atoms with E-state index in [9.17, 15) is 27.2 Å². The average molecular weight is 589 g/mol. The highest BCUT2D eigenvalue weighted by atomic mass is 32.2. The first kappa shape index (κ1) is 32.4. The molecule has 0 aromatic heterocycles. The number of halogens is 1. The van der Waals surface area contributed by atoms with E-state index in [2.05, 4.69) is 15.4 Å². The highest BCUT2D eigenvalue weighted by molar-refractivity contribution is 7.89. The summed E-state index contributed by atoms with van der Waals surface area (Å²) in [5, 5.41) is 5.49. The van der Waals surface area contributed by atoms with Gasteiger partial charge in [-0.25, -0.2) is 17.5 Å². The van der Waals surface area contributed by atoms with Gasteiger partial charge in [-0.15, -0.1) is 0 Å². The fourth-order valence-electron chi connectivity index (χ4n) is 4.88. The Hall–Kier alpha value is -3.15. The monoisotopic (exact) mass is 588 g/mol. The lowest BCUT2D eigenvalue weighted by molar-refractivity contribution is -0.127. The molecule has 0 aliphatic carbocycles. The van der Waals surface area contributed by atoms with E-state index in [0.717, 1.165) is 5.56 Å². The summed E-state index contributed by atoms with van der Waals surface area (Å²) in [6.07, 6.45) is 0.916. The molecular formula is C30H41FN4O5S. The summed E-state index contributed by atoms with van der Waals surface area (Å²) in [4.78, 5) is 40.8. The number of Topliss-reactive ketones (excluding diaryl/α,β-unsaturated/α-hetero) is 1. The van der Waals surface area contributed by atoms with Crippen molar-refractivity contribution in [3.8, 4) is 0 Å². The fourth-order valence-corrected chi connectivity index (χ4v) is 6.12. The predicted molar refractivity (Wildman–Crippen MR) is 155 cm³/mol. The molecule has 3 atom stereocenters. The Balaban J connectivity index is 1.65. The van der Waals surface area contributed by atoms with Crippen LogP contribution in [0.3, 0.4) is 0 Å². The Bertz CT molecular complexity index is 1310. The molecule has 1 fully saturated rings. The molecule has 3 N–H and O–H groups in total. The van der Waals surface area contributed by atoms with Crippen molar-refractivity contribution in [3.63, 3.8) is 0 Å². The lowest BCUT2D eigenvalue weighted by Crippen LogP contribution is -2.52. The molecule has 2 aromatic rings. The first-order valence-corrected chi connectivity index (χ1v) is 15.4. The van der Waals surface area contributed by atoms with Gasteiger partial charge in [0, 0.05) is 24.7 Å². The molecule has 224 valence electrons. The normalized spacial score (nSPS) is 17.6. The van der Waals surface area contributed by atoms with E-state index in [-0.39, 0.29) is 41.2 Å². The molecule has 2 amide bonds. The summed E-state index contributed by atoms with van der Waals surface area (Å²) in [6.45, 7) is 10.3. The standard InChI is InChI=1S/C30H41FN4O5S/c1-19(2)14-24(34-41(39,40)25-12-6-21(5)7-13-25)16-35-17-27(28(36)18-35)33-30(38)26(15-20(3)4)32-29(37)22-8-10-23(31)11-9-22/h6-13,19-20,24,26-27,34H,14-18H2,1-5H3,(H,32,37)(H,33,38)/t24-,26-,27?/m0/s1. The van der Waals surface area contributed by atoms with Crippen LogP contribution >= 0.6 is 0 Å². The smallest absolute Gasteiger partial charge is 0.251 e. The number of rotatable bonds is 13. The number of ketones is 1. The SMILES string of the molecule is Cc1ccc(S(=O)(=O)N[C@@H](CC(C)C)CN2CC(=O)C(NC(=O)[C@H](CC(C)C)NC(=O)c3ccc(F)cc3)C2)cc1. The van der Waals surface area contributed by atoms with Crippen molar-refractivity contribution in [2.24, 2.45) is 11.8 Å². The van der Waals surface area contributed by atoms with E-state index >= 15 is 0 Å². The summed E-state index contributed by atoms with van der Waals surface area (Å²) >= 11 is 0. The van der Waals surface area contributed by atoms with Crippen LogP contribution in [0.1, 0.15) is 56.5 Å². The van der Waals surface area contributed by atoms with Gasteiger partial charge in [0.25, 0.3) is 5.91 Å². The number of aryl methyl sites for hydroxylation is 1. The highest BCUT2D eigenvalue weighted by Crippen LogP contribution is 2.16. The van der Waals surface area contributed by atoms with Crippen LogP contribution in [0.4, 0.5) is 4.39 Å². The Kier molecular flexibility index (Phi) is 11.2. The number of carbonyl (C=O) groups is 3. The molecule has 1 aliphatic heterocycles. The molecule has 1 heterocycles. The number of carbonyl (C=O) groups excluding carboxylic acids is 3. The second kappa shape index (κ2) is 14.2. The predicted octanol–water partition coefficient (Wildman–Crippen LogP) is 3.04. The number of likely N-dealkylation sites (tertiary alicyclic amines) is 1. The van der Waals surface area contributed by atoms with Crippen LogP contribution in [0, 0.1) is 24.6 Å². The van der Waals surface area contributed by atoms with Gasteiger partial charge in [-0.3, -0.25) is 19.3 Å². The highest BCUT2D eigenvalue weighted by Gasteiger charge is 2.35. The van der Waals surface area contributed by atoms with Gasteiger partial charge < -0.3 is 10.6 Å². The lowest BCUT2D eigenvalue weighted by Gasteiger charge is -2.26. The first-order chi connectivity index (χ1) is 19.2. The largest absolute Gasteiger partial charge is 0.343 e. The van der Waals surface area contributed by atoms with Crippen molar-refractivity contribution in [3.05, 3.63) is 65.5 Å². The van der Waals surface area contributed by atoms with Crippen molar-refractivity contribution in [1.29, 1.82) is 0 Å². The third kappa shape index (κ3) is 9.72. The third-order valence-corrected chi connectivity index (χ3v) is 8.38. The van der Waals surface area contributed by atoms with Gasteiger partial charge in [-0.05, 0) is 68.0 Å². The minimum Gasteiger partial charge on any atom is -0.343 e. The van der Waals surface area contributed by atoms with Crippen LogP contribution in [0.25, 0.3) is 0 Å². The minimum absolute atomic E-state index is 0.0720. The molecule has 0 bridgehead atoms. The van der Waals surface area contributed by atoms with Crippen LogP contribution in [-0.2, 0) is 19.6 Å². The molecule has 1 unspecified atom stereocenters. The van der Waals surface area contributed by atoms with E-state index < -0.39 is 45.8 Å². The van der Waals surface area contributed by atoms with Crippen LogP contribution in [-0.4, -0.2) is 68.7 Å². The summed E-state index contributed by atoms with van der Waals surface area (Å²) < 4.78 is 42.1. The maximum absolute atomic E-state index is 13.3. The van der Waals surface area contributed by atoms with Gasteiger partial charge in [-0.1, -0.05) is 45.4 Å². The van der Waals surface area contributed by atoms with Crippen LogP contribution in [0.15, 0.2) is 53.4 Å². The molecular weight excluding hydrogens is 547 g/mol. The quantitative estimate of drug-likeness (QED) is 0.331. The average Bonchev–Trinajstić information content (AvgIpc) is 3.21. The fraction of sp³-hybridized carbons (Fsp3) is 0.500. The summed E-state index contributed by atoms with van der Waals surface area (Å²) in [5.41, 5.74) is 1.18. The Morgan fingerprint density at radius 3 is 2.17 bits per heavy atom. The van der Waals surface area contributed by atoms with E-state index in [1.807, 2.05) is 39.5 Å². The van der Waals surface area contributed by atoms with Gasteiger partial charge in [0.2, 0.25) is 15.9 Å². The number of nitrogens with one attached hydrogen (secondary N) is 3. The zero-order valence-corrected chi connectivity index (χ0v) is 25.1. The molecule has 0 radical (unpaired) electrons. The topological polar surface area (TPSA) is 125 Å². The number of hydrogen-bond acceptors (Lipinski definition) is 6. The second-order valence-corrected chi connectivity index (χ2v) is 13.4. The van der Waals surface area contributed by atoms with Crippen molar-refractivity contribution in [2.75, 3.05) is 19.6 Å². The van der Waals surface area contributed by atoms with E-state index in [1.165, 1.54) is 24.3 Å². The molecule has 2 aromatic carbocycles. The number of sulfonamides is 1. The number of hydrogen-bond donors (Lipinski definition) is 3. The van der Waals surface area contributed by atoms with Gasteiger partial charge in [0.15, 0.2) is 5.78 Å². The van der Waals surface area contributed by atoms with Gasteiger partial charge in [-0.2, -0.15) is 0 Å². The number of amides is 2. The van der Waals surface area contributed by atoms with Crippen molar-refractivity contribution in [1.82, 2.24) is 20.3 Å². The van der Waals surface area contributed by atoms with Crippen molar-refractivity contribution >= 4 is 27.6 Å². The maximum Gasteiger partial charge on any atom is 0.251 e. The number of benzene rings is 2. The zero-order valence-electron chi connectivity index (χ0n) is 24.3.